The SMILES string of the molecule is CC(C)(F)c1nc(C2C=CC(CO)CC2)no1. The van der Waals surface area contributed by atoms with E-state index in [1.807, 2.05) is 12.2 Å². The molecule has 0 bridgehead atoms. The molecule has 1 heterocycles. The monoisotopic (exact) mass is 240 g/mol. The van der Waals surface area contributed by atoms with Crippen molar-refractivity contribution in [2.24, 2.45) is 5.92 Å². The van der Waals surface area contributed by atoms with Crippen LogP contribution in [0.2, 0.25) is 0 Å². The van der Waals surface area contributed by atoms with Gasteiger partial charge in [0.25, 0.3) is 5.89 Å². The highest BCUT2D eigenvalue weighted by molar-refractivity contribution is 5.12. The molecule has 0 aliphatic heterocycles. The highest BCUT2D eigenvalue weighted by Crippen LogP contribution is 2.30. The van der Waals surface area contributed by atoms with Gasteiger partial charge >= 0.3 is 0 Å². The van der Waals surface area contributed by atoms with Crippen molar-refractivity contribution in [3.63, 3.8) is 0 Å². The fourth-order valence-electron chi connectivity index (χ4n) is 1.87. The number of nitrogens with zero attached hydrogens (tertiary/aromatic N) is 2. The number of halogens is 1. The van der Waals surface area contributed by atoms with Gasteiger partial charge in [0.2, 0.25) is 0 Å². The third-order valence-electron chi connectivity index (χ3n) is 2.98. The molecule has 0 saturated heterocycles. The molecule has 2 rings (SSSR count). The number of aromatic nitrogens is 2. The van der Waals surface area contributed by atoms with Crippen LogP contribution in [-0.4, -0.2) is 21.9 Å². The summed E-state index contributed by atoms with van der Waals surface area (Å²) < 4.78 is 18.5. The van der Waals surface area contributed by atoms with Crippen LogP contribution in [0, 0.1) is 5.92 Å². The second kappa shape index (κ2) is 4.56. The summed E-state index contributed by atoms with van der Waals surface area (Å²) in [7, 11) is 0. The van der Waals surface area contributed by atoms with Gasteiger partial charge in [-0.3, -0.25) is 0 Å². The van der Waals surface area contributed by atoms with Crippen LogP contribution < -0.4 is 0 Å². The van der Waals surface area contributed by atoms with Gasteiger partial charge in [0.05, 0.1) is 0 Å². The van der Waals surface area contributed by atoms with Crippen LogP contribution >= 0.6 is 0 Å². The topological polar surface area (TPSA) is 59.2 Å². The first-order chi connectivity index (χ1) is 8.00. The highest BCUT2D eigenvalue weighted by Gasteiger charge is 2.29. The largest absolute Gasteiger partial charge is 0.396 e. The van der Waals surface area contributed by atoms with E-state index in [4.69, 9.17) is 9.63 Å². The van der Waals surface area contributed by atoms with Crippen molar-refractivity contribution in [2.75, 3.05) is 6.61 Å². The minimum atomic E-state index is -1.60. The van der Waals surface area contributed by atoms with Gasteiger partial charge in [0.15, 0.2) is 11.5 Å². The van der Waals surface area contributed by atoms with Gasteiger partial charge in [-0.2, -0.15) is 4.98 Å². The van der Waals surface area contributed by atoms with E-state index in [0.717, 1.165) is 12.8 Å². The second-order valence-electron chi connectivity index (χ2n) is 4.94. The molecule has 0 aromatic carbocycles. The maximum absolute atomic E-state index is 13.6. The van der Waals surface area contributed by atoms with Gasteiger partial charge in [-0.25, -0.2) is 4.39 Å². The molecule has 4 nitrogen and oxygen atoms in total. The van der Waals surface area contributed by atoms with Crippen LogP contribution in [0.15, 0.2) is 16.7 Å². The van der Waals surface area contributed by atoms with Crippen molar-refractivity contribution in [3.8, 4) is 0 Å². The predicted octanol–water partition coefficient (Wildman–Crippen LogP) is 2.32. The smallest absolute Gasteiger partial charge is 0.263 e. The third-order valence-corrected chi connectivity index (χ3v) is 2.98. The number of allylic oxidation sites excluding steroid dienone is 1. The number of aliphatic hydroxyl groups excluding tert-OH is 1. The Labute approximate surface area is 99.5 Å². The molecule has 1 N–H and O–H groups in total. The lowest BCUT2D eigenvalue weighted by Crippen LogP contribution is -2.13. The van der Waals surface area contributed by atoms with Crippen LogP contribution in [0.3, 0.4) is 0 Å². The lowest BCUT2D eigenvalue weighted by molar-refractivity contribution is 0.155. The minimum Gasteiger partial charge on any atom is -0.396 e. The molecular weight excluding hydrogens is 223 g/mol. The summed E-state index contributed by atoms with van der Waals surface area (Å²) in [6.07, 6.45) is 5.67. The molecular formula is C12H17FN2O2. The maximum atomic E-state index is 13.6. The molecule has 2 unspecified atom stereocenters. The number of rotatable bonds is 3. The molecule has 1 aromatic rings. The van der Waals surface area contributed by atoms with E-state index < -0.39 is 5.67 Å². The van der Waals surface area contributed by atoms with E-state index in [9.17, 15) is 4.39 Å². The Balaban J connectivity index is 2.12. The number of hydrogen-bond acceptors (Lipinski definition) is 4. The van der Waals surface area contributed by atoms with Crippen LogP contribution in [0.25, 0.3) is 0 Å². The molecule has 0 radical (unpaired) electrons. The van der Waals surface area contributed by atoms with Gasteiger partial charge in [-0.15, -0.1) is 0 Å². The summed E-state index contributed by atoms with van der Waals surface area (Å²) in [5.74, 6) is 0.830. The first-order valence-electron chi connectivity index (χ1n) is 5.83. The Kier molecular flexibility index (Phi) is 3.28. The highest BCUT2D eigenvalue weighted by atomic mass is 19.1. The zero-order valence-corrected chi connectivity index (χ0v) is 10.1. The molecule has 1 aromatic heterocycles. The Morgan fingerprint density at radius 2 is 2.24 bits per heavy atom. The summed E-state index contributed by atoms with van der Waals surface area (Å²) in [5, 5.41) is 12.8. The molecule has 0 spiro atoms. The average Bonchev–Trinajstić information content (AvgIpc) is 2.78. The Bertz CT molecular complexity index is 409. The van der Waals surface area contributed by atoms with E-state index in [0.29, 0.717) is 5.82 Å². The van der Waals surface area contributed by atoms with E-state index in [-0.39, 0.29) is 24.3 Å². The van der Waals surface area contributed by atoms with Crippen LogP contribution in [-0.2, 0) is 5.67 Å². The number of aliphatic hydroxyl groups is 1. The van der Waals surface area contributed by atoms with Crippen LogP contribution in [0.5, 0.6) is 0 Å². The summed E-state index contributed by atoms with van der Waals surface area (Å²) in [4.78, 5) is 4.09. The normalized spacial score (nSPS) is 25.2. The van der Waals surface area contributed by atoms with Gasteiger partial charge in [0.1, 0.15) is 0 Å². The van der Waals surface area contributed by atoms with Crippen LogP contribution in [0.4, 0.5) is 4.39 Å². The molecule has 1 aliphatic rings. The summed E-state index contributed by atoms with van der Waals surface area (Å²) in [5.41, 5.74) is -1.60. The predicted molar refractivity (Wildman–Crippen MR) is 60.1 cm³/mol. The minimum absolute atomic E-state index is 0.0187. The first kappa shape index (κ1) is 12.2. The summed E-state index contributed by atoms with van der Waals surface area (Å²) in [6, 6.07) is 0. The summed E-state index contributed by atoms with van der Waals surface area (Å²) in [6.45, 7) is 2.95. The van der Waals surface area contributed by atoms with Crippen molar-refractivity contribution in [3.05, 3.63) is 23.9 Å². The van der Waals surface area contributed by atoms with Crippen molar-refractivity contribution in [2.45, 2.75) is 38.3 Å². The number of alkyl halides is 1. The second-order valence-corrected chi connectivity index (χ2v) is 4.94. The first-order valence-corrected chi connectivity index (χ1v) is 5.83. The van der Waals surface area contributed by atoms with E-state index in [1.165, 1.54) is 13.8 Å². The van der Waals surface area contributed by atoms with Crippen molar-refractivity contribution in [1.29, 1.82) is 0 Å². The van der Waals surface area contributed by atoms with E-state index in [1.54, 1.807) is 0 Å². The Hall–Kier alpha value is -1.23. The number of hydrogen-bond donors (Lipinski definition) is 1. The van der Waals surface area contributed by atoms with E-state index >= 15 is 0 Å². The third kappa shape index (κ3) is 2.72. The standard InChI is InChI=1S/C12H17FN2O2/c1-12(2,13)11-14-10(15-17-11)9-5-3-8(7-16)4-6-9/h3,5,8-9,16H,4,6-7H2,1-2H3. The van der Waals surface area contributed by atoms with Crippen LogP contribution in [0.1, 0.15) is 44.3 Å². The van der Waals surface area contributed by atoms with Gasteiger partial charge < -0.3 is 9.63 Å². The Morgan fingerprint density at radius 3 is 2.71 bits per heavy atom. The maximum Gasteiger partial charge on any atom is 0.263 e. The molecule has 5 heteroatoms. The van der Waals surface area contributed by atoms with Gasteiger partial charge in [-0.1, -0.05) is 17.3 Å². The van der Waals surface area contributed by atoms with Gasteiger partial charge in [0, 0.05) is 12.5 Å². The zero-order valence-electron chi connectivity index (χ0n) is 10.1. The molecule has 2 atom stereocenters. The average molecular weight is 240 g/mol. The van der Waals surface area contributed by atoms with Crippen molar-refractivity contribution >= 4 is 0 Å². The van der Waals surface area contributed by atoms with Gasteiger partial charge in [-0.05, 0) is 32.6 Å². The molecule has 0 saturated carbocycles. The fourth-order valence-corrected chi connectivity index (χ4v) is 1.87. The molecule has 0 amide bonds. The van der Waals surface area contributed by atoms with Crippen molar-refractivity contribution < 1.29 is 14.0 Å². The Morgan fingerprint density at radius 1 is 1.47 bits per heavy atom. The molecule has 94 valence electrons. The molecule has 17 heavy (non-hydrogen) atoms. The lowest BCUT2D eigenvalue weighted by Gasteiger charge is -2.18. The van der Waals surface area contributed by atoms with E-state index in [2.05, 4.69) is 10.1 Å². The fraction of sp³-hybridized carbons (Fsp3) is 0.667. The zero-order chi connectivity index (χ0) is 12.5. The lowest BCUT2D eigenvalue weighted by atomic mass is 9.88. The summed E-state index contributed by atoms with van der Waals surface area (Å²) >= 11 is 0. The quantitative estimate of drug-likeness (QED) is 0.824. The van der Waals surface area contributed by atoms with Crippen molar-refractivity contribution in [1.82, 2.24) is 10.1 Å². The molecule has 0 fully saturated rings. The molecule has 1 aliphatic carbocycles.